The Kier molecular flexibility index (Phi) is 5.43. The van der Waals surface area contributed by atoms with E-state index in [-0.39, 0.29) is 0 Å². The molecule has 0 amide bonds. The van der Waals surface area contributed by atoms with Crippen molar-refractivity contribution in [3.8, 4) is 17.1 Å². The number of hydrogen-bond donors (Lipinski definition) is 0. The molecule has 4 heteroatoms. The van der Waals surface area contributed by atoms with E-state index in [1.54, 1.807) is 0 Å². The zero-order chi connectivity index (χ0) is 30.4. The van der Waals surface area contributed by atoms with E-state index in [0.29, 0.717) is 0 Å². The molecular weight excluding hydrogens is 626 g/mol. The fourth-order valence-corrected chi connectivity index (χ4v) is 8.03. The molecule has 3 heterocycles. The lowest BCUT2D eigenvalue weighted by atomic mass is 10.1. The van der Waals surface area contributed by atoms with E-state index in [2.05, 4.69) is 187 Å². The van der Waals surface area contributed by atoms with Gasteiger partial charge in [-0.3, -0.25) is 0 Å². The van der Waals surface area contributed by atoms with Crippen molar-refractivity contribution in [1.29, 1.82) is 0 Å². The van der Waals surface area contributed by atoms with Crippen LogP contribution in [0.2, 0.25) is 0 Å². The maximum absolute atomic E-state index is 3.86. The van der Waals surface area contributed by atoms with Crippen LogP contribution in [0.4, 0.5) is 0 Å². The molecule has 10 rings (SSSR count). The van der Waals surface area contributed by atoms with Crippen molar-refractivity contribution < 1.29 is 0 Å². The fourth-order valence-electron chi connectivity index (χ4n) is 7.57. The minimum absolute atomic E-state index is 1.06. The first-order valence-corrected chi connectivity index (χ1v) is 16.4. The van der Waals surface area contributed by atoms with Gasteiger partial charge in [0.1, 0.15) is 0 Å². The highest BCUT2D eigenvalue weighted by molar-refractivity contribution is 9.10. The molecule has 10 aromatic rings. The van der Waals surface area contributed by atoms with Crippen LogP contribution in [0.15, 0.2) is 162 Å². The SMILES string of the molecule is Brc1ccccc1-n1c2ccc(-n3c4ccccc4c4ccccc43)cc2c2cc(-n3c4ccccc4c4ccccc43)ccc21. The molecule has 7 aromatic carbocycles. The van der Waals surface area contributed by atoms with Gasteiger partial charge in [0.15, 0.2) is 0 Å². The number of hydrogen-bond acceptors (Lipinski definition) is 0. The molecule has 0 unspecified atom stereocenters. The molecule has 46 heavy (non-hydrogen) atoms. The van der Waals surface area contributed by atoms with Crippen LogP contribution in [0, 0.1) is 0 Å². The summed E-state index contributed by atoms with van der Waals surface area (Å²) in [5.74, 6) is 0. The van der Waals surface area contributed by atoms with Crippen molar-refractivity contribution in [1.82, 2.24) is 13.7 Å². The normalized spacial score (nSPS) is 12.0. The van der Waals surface area contributed by atoms with Crippen LogP contribution < -0.4 is 0 Å². The van der Waals surface area contributed by atoms with Crippen LogP contribution in [0.1, 0.15) is 0 Å². The molecule has 0 spiro atoms. The molecule has 3 aromatic heterocycles. The smallest absolute Gasteiger partial charge is 0.0604 e. The van der Waals surface area contributed by atoms with Gasteiger partial charge in [-0.25, -0.2) is 0 Å². The molecule has 0 fully saturated rings. The highest BCUT2D eigenvalue weighted by Crippen LogP contribution is 2.40. The van der Waals surface area contributed by atoms with Gasteiger partial charge in [0, 0.05) is 48.2 Å². The maximum Gasteiger partial charge on any atom is 0.0604 e. The van der Waals surface area contributed by atoms with Gasteiger partial charge in [0.05, 0.1) is 38.8 Å². The summed E-state index contributed by atoms with van der Waals surface area (Å²) in [7, 11) is 0. The van der Waals surface area contributed by atoms with Gasteiger partial charge < -0.3 is 13.7 Å². The molecule has 0 aliphatic rings. The van der Waals surface area contributed by atoms with E-state index in [9.17, 15) is 0 Å². The van der Waals surface area contributed by atoms with E-state index in [4.69, 9.17) is 0 Å². The summed E-state index contributed by atoms with van der Waals surface area (Å²) in [6.45, 7) is 0. The molecule has 0 saturated heterocycles. The fraction of sp³-hybridized carbons (Fsp3) is 0. The quantitative estimate of drug-likeness (QED) is 0.180. The Morgan fingerprint density at radius 1 is 0.304 bits per heavy atom. The average molecular weight is 653 g/mol. The van der Waals surface area contributed by atoms with Crippen LogP contribution in [0.25, 0.3) is 82.5 Å². The number of aromatic nitrogens is 3. The summed E-state index contributed by atoms with van der Waals surface area (Å²) < 4.78 is 8.26. The zero-order valence-electron chi connectivity index (χ0n) is 24.7. The van der Waals surface area contributed by atoms with Gasteiger partial charge in [-0.05, 0) is 88.7 Å². The number of nitrogens with zero attached hydrogens (tertiary/aromatic N) is 3. The van der Waals surface area contributed by atoms with Gasteiger partial charge in [0.2, 0.25) is 0 Å². The molecular formula is C42H26BrN3. The Morgan fingerprint density at radius 2 is 0.652 bits per heavy atom. The van der Waals surface area contributed by atoms with Crippen LogP contribution in [0.5, 0.6) is 0 Å². The van der Waals surface area contributed by atoms with Gasteiger partial charge in [-0.2, -0.15) is 0 Å². The molecule has 0 saturated carbocycles. The standard InChI is InChI=1S/C42H26BrN3/c43-35-15-5-10-20-42(35)46-40-23-21-27(44-36-16-6-1-11-29(36)30-12-2-7-17-37(30)44)25-33(40)34-26-28(22-24-41(34)46)45-38-18-8-3-13-31(38)32-14-4-9-19-39(32)45/h1-26H. The molecule has 0 aliphatic carbocycles. The van der Waals surface area contributed by atoms with Crippen molar-refractivity contribution in [3.63, 3.8) is 0 Å². The number of benzene rings is 7. The first-order valence-electron chi connectivity index (χ1n) is 15.6. The number of rotatable bonds is 3. The summed E-state index contributed by atoms with van der Waals surface area (Å²) in [5, 5.41) is 7.50. The van der Waals surface area contributed by atoms with Crippen molar-refractivity contribution in [2.45, 2.75) is 0 Å². The van der Waals surface area contributed by atoms with Crippen LogP contribution in [-0.4, -0.2) is 13.7 Å². The second-order valence-corrected chi connectivity index (χ2v) is 12.8. The Labute approximate surface area is 273 Å². The third kappa shape index (κ3) is 3.53. The highest BCUT2D eigenvalue weighted by Gasteiger charge is 2.19. The molecule has 0 N–H and O–H groups in total. The lowest BCUT2D eigenvalue weighted by molar-refractivity contribution is 1.15. The molecule has 0 bridgehead atoms. The van der Waals surface area contributed by atoms with Gasteiger partial charge >= 0.3 is 0 Å². The Bertz CT molecular complexity index is 2550. The van der Waals surface area contributed by atoms with Crippen LogP contribution in [-0.2, 0) is 0 Å². The first kappa shape index (κ1) is 25.7. The monoisotopic (exact) mass is 651 g/mol. The van der Waals surface area contributed by atoms with Crippen molar-refractivity contribution in [3.05, 3.63) is 162 Å². The molecule has 3 nitrogen and oxygen atoms in total. The summed E-state index contributed by atoms with van der Waals surface area (Å²) in [5.41, 5.74) is 10.6. The largest absolute Gasteiger partial charge is 0.309 e. The van der Waals surface area contributed by atoms with Crippen LogP contribution in [0.3, 0.4) is 0 Å². The predicted octanol–water partition coefficient (Wildman–Crippen LogP) is 11.7. The maximum atomic E-state index is 3.86. The third-order valence-corrected chi connectivity index (χ3v) is 10.2. The summed E-state index contributed by atoms with van der Waals surface area (Å²) in [6.07, 6.45) is 0. The second-order valence-electron chi connectivity index (χ2n) is 11.9. The number of halogens is 1. The van der Waals surface area contributed by atoms with Crippen molar-refractivity contribution in [2.75, 3.05) is 0 Å². The minimum atomic E-state index is 1.06. The first-order chi connectivity index (χ1) is 22.8. The number of fused-ring (bicyclic) bond motifs is 9. The lowest BCUT2D eigenvalue weighted by Crippen LogP contribution is -1.97. The Balaban J connectivity index is 1.32. The van der Waals surface area contributed by atoms with Gasteiger partial charge in [-0.15, -0.1) is 0 Å². The van der Waals surface area contributed by atoms with E-state index in [1.165, 1.54) is 65.4 Å². The predicted molar refractivity (Wildman–Crippen MR) is 197 cm³/mol. The highest BCUT2D eigenvalue weighted by atomic mass is 79.9. The van der Waals surface area contributed by atoms with E-state index in [1.807, 2.05) is 0 Å². The minimum Gasteiger partial charge on any atom is -0.309 e. The van der Waals surface area contributed by atoms with E-state index in [0.717, 1.165) is 21.5 Å². The number of para-hydroxylation sites is 5. The van der Waals surface area contributed by atoms with Gasteiger partial charge in [-0.1, -0.05) is 84.9 Å². The third-order valence-electron chi connectivity index (χ3n) is 9.50. The van der Waals surface area contributed by atoms with Crippen molar-refractivity contribution in [2.24, 2.45) is 0 Å². The Morgan fingerprint density at radius 3 is 1.07 bits per heavy atom. The molecule has 0 atom stereocenters. The Hall–Kier alpha value is -5.58. The molecule has 0 aliphatic heterocycles. The lowest BCUT2D eigenvalue weighted by Gasteiger charge is -2.12. The van der Waals surface area contributed by atoms with E-state index < -0.39 is 0 Å². The average Bonchev–Trinajstić information content (AvgIpc) is 3.74. The summed E-state index contributed by atoms with van der Waals surface area (Å²) >= 11 is 3.86. The zero-order valence-corrected chi connectivity index (χ0v) is 26.3. The van der Waals surface area contributed by atoms with Gasteiger partial charge in [0.25, 0.3) is 0 Å². The molecule has 216 valence electrons. The summed E-state index contributed by atoms with van der Waals surface area (Å²) in [4.78, 5) is 0. The van der Waals surface area contributed by atoms with Crippen molar-refractivity contribution >= 4 is 81.3 Å². The summed E-state index contributed by atoms with van der Waals surface area (Å²) in [6, 6.07) is 57.2. The second kappa shape index (κ2) is 9.71. The molecule has 0 radical (unpaired) electrons. The van der Waals surface area contributed by atoms with Crippen LogP contribution >= 0.6 is 15.9 Å². The van der Waals surface area contributed by atoms with E-state index >= 15 is 0 Å². The topological polar surface area (TPSA) is 14.8 Å².